The molecule has 1 aromatic carbocycles. The number of hydrogen-bond donors (Lipinski definition) is 1. The fourth-order valence-electron chi connectivity index (χ4n) is 1.40. The molecule has 0 spiro atoms. The van der Waals surface area contributed by atoms with Gasteiger partial charge in [0.2, 0.25) is 5.12 Å². The van der Waals surface area contributed by atoms with Crippen molar-refractivity contribution in [3.8, 4) is 0 Å². The van der Waals surface area contributed by atoms with Gasteiger partial charge >= 0.3 is 5.97 Å². The van der Waals surface area contributed by atoms with E-state index >= 15 is 0 Å². The molecule has 0 unspecified atom stereocenters. The predicted molar refractivity (Wildman–Crippen MR) is 57.1 cm³/mol. The van der Waals surface area contributed by atoms with Crippen LogP contribution in [0.1, 0.15) is 10.4 Å². The minimum atomic E-state index is -0.394. The summed E-state index contributed by atoms with van der Waals surface area (Å²) >= 11 is 1.14. The molecule has 0 fully saturated rings. The Bertz CT molecular complexity index is 431. The van der Waals surface area contributed by atoms with Gasteiger partial charge in [-0.1, -0.05) is 6.07 Å². The van der Waals surface area contributed by atoms with Gasteiger partial charge in [-0.15, -0.1) is 0 Å². The van der Waals surface area contributed by atoms with Crippen LogP contribution < -0.4 is 5.32 Å². The normalized spacial score (nSPS) is 14.1. The maximum atomic E-state index is 11.4. The highest BCUT2D eigenvalue weighted by atomic mass is 32.2. The molecular weight excluding hydrogens is 214 g/mol. The van der Waals surface area contributed by atoms with Gasteiger partial charge in [-0.25, -0.2) is 4.79 Å². The second-order valence-corrected chi connectivity index (χ2v) is 4.10. The minimum absolute atomic E-state index is 0.0458. The molecule has 2 rings (SSSR count). The van der Waals surface area contributed by atoms with Crippen LogP contribution in [0, 0.1) is 0 Å². The zero-order chi connectivity index (χ0) is 10.8. The smallest absolute Gasteiger partial charge is 0.340 e. The van der Waals surface area contributed by atoms with Crippen LogP contribution in [0.4, 0.5) is 5.69 Å². The van der Waals surface area contributed by atoms with Crippen molar-refractivity contribution in [1.29, 1.82) is 0 Å². The summed E-state index contributed by atoms with van der Waals surface area (Å²) in [6, 6.07) is 5.21. The van der Waals surface area contributed by atoms with Gasteiger partial charge < -0.3 is 10.1 Å². The standard InChI is InChI=1S/C10H9NO3S/c1-14-10(13)6-3-2-4-7-9(6)11-5-8(12)15-7/h2-4,11H,5H2,1H3. The van der Waals surface area contributed by atoms with Gasteiger partial charge in [0, 0.05) is 4.90 Å². The molecule has 1 N–H and O–H groups in total. The Balaban J connectivity index is 2.46. The predicted octanol–water partition coefficient (Wildman–Crippen LogP) is 1.52. The molecule has 15 heavy (non-hydrogen) atoms. The summed E-state index contributed by atoms with van der Waals surface area (Å²) in [5.74, 6) is -0.394. The maximum Gasteiger partial charge on any atom is 0.340 e. The summed E-state index contributed by atoms with van der Waals surface area (Å²) in [7, 11) is 1.34. The number of fused-ring (bicyclic) bond motifs is 1. The summed E-state index contributed by atoms with van der Waals surface area (Å²) in [5, 5.41) is 2.97. The molecule has 0 saturated carbocycles. The molecule has 0 saturated heterocycles. The number of ether oxygens (including phenoxy) is 1. The Morgan fingerprint density at radius 2 is 2.33 bits per heavy atom. The molecule has 0 aliphatic carbocycles. The minimum Gasteiger partial charge on any atom is -0.465 e. The van der Waals surface area contributed by atoms with Crippen LogP contribution in [-0.4, -0.2) is 24.7 Å². The van der Waals surface area contributed by atoms with Crippen molar-refractivity contribution in [2.24, 2.45) is 0 Å². The number of thioether (sulfide) groups is 1. The van der Waals surface area contributed by atoms with Gasteiger partial charge in [0.1, 0.15) is 0 Å². The number of carbonyl (C=O) groups excluding carboxylic acids is 2. The first-order valence-electron chi connectivity index (χ1n) is 4.38. The van der Waals surface area contributed by atoms with Crippen LogP contribution in [0.2, 0.25) is 0 Å². The number of anilines is 1. The van der Waals surface area contributed by atoms with Crippen molar-refractivity contribution < 1.29 is 14.3 Å². The van der Waals surface area contributed by atoms with E-state index in [1.165, 1.54) is 7.11 Å². The van der Waals surface area contributed by atoms with Crippen LogP contribution in [-0.2, 0) is 9.53 Å². The molecular formula is C10H9NO3S. The largest absolute Gasteiger partial charge is 0.465 e. The summed E-state index contributed by atoms with van der Waals surface area (Å²) in [5.41, 5.74) is 1.16. The molecule has 0 aromatic heterocycles. The highest BCUT2D eigenvalue weighted by Gasteiger charge is 2.21. The van der Waals surface area contributed by atoms with Crippen molar-refractivity contribution in [3.05, 3.63) is 23.8 Å². The van der Waals surface area contributed by atoms with E-state index in [1.807, 2.05) is 0 Å². The lowest BCUT2D eigenvalue weighted by atomic mass is 10.1. The number of nitrogens with one attached hydrogen (secondary N) is 1. The second-order valence-electron chi connectivity index (χ2n) is 3.00. The molecule has 1 aromatic rings. The number of carbonyl (C=O) groups is 2. The van der Waals surface area contributed by atoms with Crippen molar-refractivity contribution in [1.82, 2.24) is 0 Å². The molecule has 1 aliphatic rings. The van der Waals surface area contributed by atoms with Crippen LogP contribution >= 0.6 is 11.8 Å². The lowest BCUT2D eigenvalue weighted by Crippen LogP contribution is -2.18. The Morgan fingerprint density at radius 3 is 3.07 bits per heavy atom. The summed E-state index contributed by atoms with van der Waals surface area (Å²) < 4.78 is 4.66. The van der Waals surface area contributed by atoms with Gasteiger partial charge in [-0.3, -0.25) is 4.79 Å². The maximum absolute atomic E-state index is 11.4. The third kappa shape index (κ3) is 1.83. The first kappa shape index (κ1) is 10.0. The monoisotopic (exact) mass is 223 g/mol. The number of para-hydroxylation sites is 1. The lowest BCUT2D eigenvalue weighted by Gasteiger charge is -2.18. The molecule has 4 nitrogen and oxygen atoms in total. The topological polar surface area (TPSA) is 55.4 Å². The molecule has 78 valence electrons. The van der Waals surface area contributed by atoms with E-state index in [0.717, 1.165) is 16.7 Å². The molecule has 1 aliphatic heterocycles. The average Bonchev–Trinajstić information content (AvgIpc) is 2.26. The van der Waals surface area contributed by atoms with Gasteiger partial charge in [-0.05, 0) is 23.9 Å². The average molecular weight is 223 g/mol. The second kappa shape index (κ2) is 3.94. The molecule has 1 heterocycles. The Labute approximate surface area is 91.0 Å². The lowest BCUT2D eigenvalue weighted by molar-refractivity contribution is -0.109. The van der Waals surface area contributed by atoms with Gasteiger partial charge in [0.25, 0.3) is 0 Å². The third-order valence-corrected chi connectivity index (χ3v) is 3.00. The highest BCUT2D eigenvalue weighted by molar-refractivity contribution is 8.14. The van der Waals surface area contributed by atoms with Crippen LogP contribution in [0.5, 0.6) is 0 Å². The van der Waals surface area contributed by atoms with E-state index in [-0.39, 0.29) is 11.7 Å². The summed E-state index contributed by atoms with van der Waals surface area (Å²) in [4.78, 5) is 23.3. The van der Waals surface area contributed by atoms with E-state index in [9.17, 15) is 9.59 Å². The first-order valence-corrected chi connectivity index (χ1v) is 5.20. The quantitative estimate of drug-likeness (QED) is 0.731. The molecule has 0 radical (unpaired) electrons. The Morgan fingerprint density at radius 1 is 1.53 bits per heavy atom. The number of hydrogen-bond acceptors (Lipinski definition) is 5. The summed E-state index contributed by atoms with van der Waals surface area (Å²) in [6.07, 6.45) is 0. The molecule has 0 atom stereocenters. The number of benzene rings is 1. The number of esters is 1. The fourth-order valence-corrected chi connectivity index (χ4v) is 2.22. The van der Waals surface area contributed by atoms with Crippen LogP contribution in [0.3, 0.4) is 0 Å². The number of rotatable bonds is 1. The van der Waals surface area contributed by atoms with E-state index in [0.29, 0.717) is 11.3 Å². The van der Waals surface area contributed by atoms with Gasteiger partial charge in [-0.2, -0.15) is 0 Å². The van der Waals surface area contributed by atoms with Gasteiger partial charge in [0.05, 0.1) is 24.9 Å². The van der Waals surface area contributed by atoms with Crippen LogP contribution in [0.25, 0.3) is 0 Å². The van der Waals surface area contributed by atoms with E-state index in [4.69, 9.17) is 0 Å². The van der Waals surface area contributed by atoms with Gasteiger partial charge in [0.15, 0.2) is 0 Å². The molecule has 5 heteroatoms. The van der Waals surface area contributed by atoms with Crippen molar-refractivity contribution >= 4 is 28.5 Å². The van der Waals surface area contributed by atoms with E-state index in [2.05, 4.69) is 10.1 Å². The van der Waals surface area contributed by atoms with E-state index in [1.54, 1.807) is 18.2 Å². The molecule has 0 bridgehead atoms. The fraction of sp³-hybridized carbons (Fsp3) is 0.200. The Kier molecular flexibility index (Phi) is 2.64. The zero-order valence-electron chi connectivity index (χ0n) is 8.07. The van der Waals surface area contributed by atoms with Crippen molar-refractivity contribution in [2.45, 2.75) is 4.90 Å². The highest BCUT2D eigenvalue weighted by Crippen LogP contribution is 2.34. The third-order valence-electron chi connectivity index (χ3n) is 2.06. The van der Waals surface area contributed by atoms with Crippen LogP contribution in [0.15, 0.2) is 23.1 Å². The Hall–Kier alpha value is -1.49. The number of methoxy groups -OCH3 is 1. The van der Waals surface area contributed by atoms with Crippen molar-refractivity contribution in [2.75, 3.05) is 19.0 Å². The first-order chi connectivity index (χ1) is 7.22. The zero-order valence-corrected chi connectivity index (χ0v) is 8.89. The SMILES string of the molecule is COC(=O)c1cccc2c1NCC(=O)S2. The summed E-state index contributed by atoms with van der Waals surface area (Å²) in [6.45, 7) is 0.242. The van der Waals surface area contributed by atoms with Crippen molar-refractivity contribution in [3.63, 3.8) is 0 Å². The van der Waals surface area contributed by atoms with E-state index < -0.39 is 5.97 Å². The molecule has 0 amide bonds.